The van der Waals surface area contributed by atoms with Gasteiger partial charge in [0, 0.05) is 29.8 Å². The lowest BCUT2D eigenvalue weighted by Crippen LogP contribution is -2.27. The number of nitrogens with one attached hydrogen (secondary N) is 1. The molecule has 0 saturated carbocycles. The third-order valence-corrected chi connectivity index (χ3v) is 5.13. The summed E-state index contributed by atoms with van der Waals surface area (Å²) in [5.74, 6) is -1.59. The van der Waals surface area contributed by atoms with Gasteiger partial charge in [0.2, 0.25) is 10.0 Å². The standard InChI is InChI=1S/C17H23F2N3O2S/c1-11(2)22-10-15(16(21-22)17(3,4)5)25(23,24)20-9-12-13(18)7-6-8-14(12)19/h6-8,10-11,20H,9H2,1-5H3. The number of rotatable bonds is 5. The van der Waals surface area contributed by atoms with Crippen molar-refractivity contribution < 1.29 is 17.2 Å². The van der Waals surface area contributed by atoms with Gasteiger partial charge in [0.05, 0.1) is 5.69 Å². The van der Waals surface area contributed by atoms with Crippen molar-refractivity contribution in [1.29, 1.82) is 0 Å². The van der Waals surface area contributed by atoms with Crippen LogP contribution in [0, 0.1) is 11.6 Å². The summed E-state index contributed by atoms with van der Waals surface area (Å²) in [6, 6.07) is 3.38. The Labute approximate surface area is 147 Å². The van der Waals surface area contributed by atoms with Gasteiger partial charge in [-0.1, -0.05) is 26.8 Å². The van der Waals surface area contributed by atoms with Crippen molar-refractivity contribution in [1.82, 2.24) is 14.5 Å². The highest BCUT2D eigenvalue weighted by molar-refractivity contribution is 7.89. The van der Waals surface area contributed by atoms with Crippen molar-refractivity contribution in [2.75, 3.05) is 0 Å². The molecule has 2 rings (SSSR count). The molecule has 0 unspecified atom stereocenters. The zero-order valence-corrected chi connectivity index (χ0v) is 15.8. The third-order valence-electron chi connectivity index (χ3n) is 3.73. The van der Waals surface area contributed by atoms with E-state index in [1.165, 1.54) is 12.3 Å². The molecule has 0 saturated heterocycles. The van der Waals surface area contributed by atoms with Gasteiger partial charge in [-0.25, -0.2) is 21.9 Å². The number of halogens is 2. The van der Waals surface area contributed by atoms with Crippen LogP contribution in [0.3, 0.4) is 0 Å². The minimum Gasteiger partial charge on any atom is -0.269 e. The van der Waals surface area contributed by atoms with E-state index in [-0.39, 0.29) is 16.5 Å². The molecule has 0 aliphatic rings. The van der Waals surface area contributed by atoms with Gasteiger partial charge in [0.15, 0.2) is 0 Å². The van der Waals surface area contributed by atoms with Crippen LogP contribution in [0.25, 0.3) is 0 Å². The Kier molecular flexibility index (Phi) is 5.34. The highest BCUT2D eigenvalue weighted by atomic mass is 32.2. The molecule has 0 aliphatic heterocycles. The molecule has 2 aromatic rings. The largest absolute Gasteiger partial charge is 0.269 e. The summed E-state index contributed by atoms with van der Waals surface area (Å²) >= 11 is 0. The van der Waals surface area contributed by atoms with Crippen molar-refractivity contribution in [3.05, 3.63) is 47.3 Å². The molecule has 1 aromatic carbocycles. The van der Waals surface area contributed by atoms with E-state index in [0.29, 0.717) is 5.69 Å². The second kappa shape index (κ2) is 6.84. The molecule has 1 aromatic heterocycles. The Hall–Kier alpha value is -1.80. The van der Waals surface area contributed by atoms with Crippen molar-refractivity contribution >= 4 is 10.0 Å². The molecule has 25 heavy (non-hydrogen) atoms. The molecular weight excluding hydrogens is 348 g/mol. The third kappa shape index (κ3) is 4.24. The maximum atomic E-state index is 13.7. The Morgan fingerprint density at radius 2 is 1.76 bits per heavy atom. The topological polar surface area (TPSA) is 64.0 Å². The van der Waals surface area contributed by atoms with Crippen molar-refractivity contribution in [2.45, 2.75) is 57.5 Å². The number of sulfonamides is 1. The van der Waals surface area contributed by atoms with E-state index in [4.69, 9.17) is 0 Å². The summed E-state index contributed by atoms with van der Waals surface area (Å²) in [5, 5.41) is 4.39. The fraction of sp³-hybridized carbons (Fsp3) is 0.471. The van der Waals surface area contributed by atoms with E-state index in [9.17, 15) is 17.2 Å². The first-order chi connectivity index (χ1) is 11.4. The van der Waals surface area contributed by atoms with E-state index >= 15 is 0 Å². The van der Waals surface area contributed by atoms with Gasteiger partial charge in [-0.2, -0.15) is 5.10 Å². The molecule has 1 N–H and O–H groups in total. The van der Waals surface area contributed by atoms with Crippen LogP contribution in [0.2, 0.25) is 0 Å². The first-order valence-corrected chi connectivity index (χ1v) is 9.44. The predicted molar refractivity (Wildman–Crippen MR) is 91.7 cm³/mol. The summed E-state index contributed by atoms with van der Waals surface area (Å²) in [5.41, 5.74) is -0.421. The van der Waals surface area contributed by atoms with E-state index in [1.807, 2.05) is 34.6 Å². The molecule has 0 amide bonds. The molecule has 0 fully saturated rings. The number of benzene rings is 1. The number of nitrogens with zero attached hydrogens (tertiary/aromatic N) is 2. The molecule has 0 spiro atoms. The summed E-state index contributed by atoms with van der Waals surface area (Å²) < 4.78 is 56.7. The maximum absolute atomic E-state index is 13.7. The molecular formula is C17H23F2N3O2S. The lowest BCUT2D eigenvalue weighted by molar-refractivity contribution is 0.493. The average Bonchev–Trinajstić information content (AvgIpc) is 2.93. The van der Waals surface area contributed by atoms with Crippen LogP contribution in [-0.4, -0.2) is 18.2 Å². The summed E-state index contributed by atoms with van der Waals surface area (Å²) in [4.78, 5) is 0.0189. The zero-order chi connectivity index (χ0) is 19.0. The fourth-order valence-electron chi connectivity index (χ4n) is 2.30. The average molecular weight is 371 g/mol. The van der Waals surface area contributed by atoms with Gasteiger partial charge >= 0.3 is 0 Å². The molecule has 1 heterocycles. The minimum absolute atomic E-state index is 0.0189. The van der Waals surface area contributed by atoms with Crippen LogP contribution in [0.5, 0.6) is 0 Å². The predicted octanol–water partition coefficient (Wildman–Crippen LogP) is 3.52. The van der Waals surface area contributed by atoms with E-state index in [2.05, 4.69) is 9.82 Å². The van der Waals surface area contributed by atoms with Gasteiger partial charge in [-0.05, 0) is 26.0 Å². The molecule has 0 aliphatic carbocycles. The molecule has 0 bridgehead atoms. The monoisotopic (exact) mass is 371 g/mol. The fourth-order valence-corrected chi connectivity index (χ4v) is 3.64. The second-order valence-corrected chi connectivity index (χ2v) is 8.93. The Bertz CT molecular complexity index is 848. The van der Waals surface area contributed by atoms with Crippen molar-refractivity contribution in [2.24, 2.45) is 0 Å². The van der Waals surface area contributed by atoms with Crippen LogP contribution in [0.4, 0.5) is 8.78 Å². The van der Waals surface area contributed by atoms with Gasteiger partial charge in [0.25, 0.3) is 0 Å². The van der Waals surface area contributed by atoms with Gasteiger partial charge in [-0.15, -0.1) is 0 Å². The van der Waals surface area contributed by atoms with E-state index in [1.54, 1.807) is 4.68 Å². The quantitative estimate of drug-likeness (QED) is 0.875. The first kappa shape index (κ1) is 19.5. The molecule has 138 valence electrons. The van der Waals surface area contributed by atoms with Gasteiger partial charge in [-0.3, -0.25) is 4.68 Å². The van der Waals surface area contributed by atoms with Crippen LogP contribution in [0.15, 0.2) is 29.3 Å². The molecule has 8 heteroatoms. The number of hydrogen-bond donors (Lipinski definition) is 1. The summed E-state index contributed by atoms with van der Waals surface area (Å²) in [6.07, 6.45) is 1.45. The number of aromatic nitrogens is 2. The van der Waals surface area contributed by atoms with E-state index in [0.717, 1.165) is 12.1 Å². The summed E-state index contributed by atoms with van der Waals surface area (Å²) in [7, 11) is -3.99. The maximum Gasteiger partial charge on any atom is 0.244 e. The van der Waals surface area contributed by atoms with Crippen LogP contribution in [0.1, 0.15) is 51.9 Å². The van der Waals surface area contributed by atoms with Gasteiger partial charge in [0.1, 0.15) is 16.5 Å². The van der Waals surface area contributed by atoms with Gasteiger partial charge < -0.3 is 0 Å². The Morgan fingerprint density at radius 1 is 1.20 bits per heavy atom. The lowest BCUT2D eigenvalue weighted by Gasteiger charge is -2.18. The SMILES string of the molecule is CC(C)n1cc(S(=O)(=O)NCc2c(F)cccc2F)c(C(C)(C)C)n1. The Morgan fingerprint density at radius 3 is 2.24 bits per heavy atom. The van der Waals surface area contributed by atoms with Crippen LogP contribution >= 0.6 is 0 Å². The molecule has 5 nitrogen and oxygen atoms in total. The molecule has 0 radical (unpaired) electrons. The smallest absolute Gasteiger partial charge is 0.244 e. The highest BCUT2D eigenvalue weighted by Crippen LogP contribution is 2.28. The number of hydrogen-bond acceptors (Lipinski definition) is 3. The Balaban J connectivity index is 2.40. The highest BCUT2D eigenvalue weighted by Gasteiger charge is 2.30. The first-order valence-electron chi connectivity index (χ1n) is 7.95. The molecule has 0 atom stereocenters. The zero-order valence-electron chi connectivity index (χ0n) is 15.0. The normalized spacial score (nSPS) is 12.8. The lowest BCUT2D eigenvalue weighted by atomic mass is 9.92. The van der Waals surface area contributed by atoms with Crippen LogP contribution < -0.4 is 4.72 Å². The van der Waals surface area contributed by atoms with E-state index < -0.39 is 33.6 Å². The minimum atomic E-state index is -3.99. The van der Waals surface area contributed by atoms with Crippen LogP contribution in [-0.2, 0) is 22.0 Å². The van der Waals surface area contributed by atoms with Crippen molar-refractivity contribution in [3.63, 3.8) is 0 Å². The van der Waals surface area contributed by atoms with Crippen molar-refractivity contribution in [3.8, 4) is 0 Å². The summed E-state index contributed by atoms with van der Waals surface area (Å²) in [6.45, 7) is 8.87. The second-order valence-electron chi connectivity index (χ2n) is 7.19.